The molecule has 0 amide bonds. The number of ketones is 1. The number of nitrogens with zero attached hydrogens (tertiary/aromatic N) is 2. The molecule has 1 atom stereocenters. The topological polar surface area (TPSA) is 52.0 Å². The minimum atomic E-state index is -0.0389. The third kappa shape index (κ3) is 2.34. The molecule has 2 heterocycles. The number of carbonyl (C=O) groups is 1. The lowest BCUT2D eigenvalue weighted by Crippen LogP contribution is -2.24. The monoisotopic (exact) mass is 294 g/mol. The van der Waals surface area contributed by atoms with Crippen molar-refractivity contribution in [1.82, 2.24) is 9.55 Å². The Hall–Kier alpha value is -1.14. The second kappa shape index (κ2) is 5.09. The molecule has 0 spiro atoms. The number of thioether (sulfide) groups is 1. The van der Waals surface area contributed by atoms with Gasteiger partial charge in [-0.3, -0.25) is 14.2 Å². The second-order valence-electron chi connectivity index (χ2n) is 4.71. The zero-order chi connectivity index (χ0) is 13.4. The maximum absolute atomic E-state index is 12.2. The van der Waals surface area contributed by atoms with E-state index in [1.165, 1.54) is 23.1 Å². The van der Waals surface area contributed by atoms with E-state index in [-0.39, 0.29) is 16.6 Å². The molecule has 0 aromatic carbocycles. The Labute approximate surface area is 118 Å². The summed E-state index contributed by atoms with van der Waals surface area (Å²) >= 11 is 2.85. The number of carbonyl (C=O) groups excluding carboxylic acids is 1. The number of aromatic nitrogens is 2. The molecule has 1 aliphatic rings. The van der Waals surface area contributed by atoms with Crippen LogP contribution in [-0.4, -0.2) is 20.6 Å². The Balaban J connectivity index is 1.98. The Morgan fingerprint density at radius 1 is 1.42 bits per heavy atom. The summed E-state index contributed by atoms with van der Waals surface area (Å²) in [4.78, 5) is 28.6. The van der Waals surface area contributed by atoms with Crippen LogP contribution in [0.25, 0.3) is 10.2 Å². The van der Waals surface area contributed by atoms with Crippen LogP contribution >= 0.6 is 23.1 Å². The lowest BCUT2D eigenvalue weighted by atomic mass is 9.99. The van der Waals surface area contributed by atoms with Gasteiger partial charge in [0.05, 0.1) is 10.8 Å². The molecule has 1 saturated carbocycles. The summed E-state index contributed by atoms with van der Waals surface area (Å²) in [6.45, 7) is 0. The van der Waals surface area contributed by atoms with Gasteiger partial charge in [0.15, 0.2) is 5.16 Å². The van der Waals surface area contributed by atoms with Crippen LogP contribution < -0.4 is 5.56 Å². The second-order valence-corrected chi connectivity index (χ2v) is 6.80. The van der Waals surface area contributed by atoms with Gasteiger partial charge in [-0.15, -0.1) is 11.3 Å². The highest BCUT2D eigenvalue weighted by molar-refractivity contribution is 8.00. The largest absolute Gasteiger partial charge is 0.298 e. The number of thiophene rings is 1. The van der Waals surface area contributed by atoms with Crippen molar-refractivity contribution in [3.05, 3.63) is 21.8 Å². The van der Waals surface area contributed by atoms with E-state index in [0.29, 0.717) is 16.3 Å². The van der Waals surface area contributed by atoms with Gasteiger partial charge in [-0.25, -0.2) is 4.98 Å². The Morgan fingerprint density at radius 2 is 2.26 bits per heavy atom. The van der Waals surface area contributed by atoms with E-state index in [1.807, 2.05) is 11.4 Å². The van der Waals surface area contributed by atoms with Crippen molar-refractivity contribution in [3.8, 4) is 0 Å². The van der Waals surface area contributed by atoms with Crippen molar-refractivity contribution >= 4 is 39.1 Å². The molecular formula is C13H14N2O2S2. The molecule has 0 saturated heterocycles. The van der Waals surface area contributed by atoms with Crippen molar-refractivity contribution in [3.63, 3.8) is 0 Å². The first-order valence-corrected chi connectivity index (χ1v) is 8.06. The summed E-state index contributed by atoms with van der Waals surface area (Å²) in [6.07, 6.45) is 3.62. The molecule has 2 aromatic rings. The Kier molecular flexibility index (Phi) is 3.45. The van der Waals surface area contributed by atoms with E-state index in [2.05, 4.69) is 4.98 Å². The minimum absolute atomic E-state index is 0.0224. The van der Waals surface area contributed by atoms with Crippen LogP contribution in [-0.2, 0) is 11.8 Å². The van der Waals surface area contributed by atoms with Crippen LogP contribution in [0.4, 0.5) is 0 Å². The van der Waals surface area contributed by atoms with Crippen LogP contribution in [0.5, 0.6) is 0 Å². The summed E-state index contributed by atoms with van der Waals surface area (Å²) in [5.41, 5.74) is 0.713. The van der Waals surface area contributed by atoms with Gasteiger partial charge in [-0.2, -0.15) is 0 Å². The minimum Gasteiger partial charge on any atom is -0.298 e. The van der Waals surface area contributed by atoms with Crippen molar-refractivity contribution < 1.29 is 4.79 Å². The molecule has 1 aliphatic carbocycles. The first kappa shape index (κ1) is 12.9. The van der Waals surface area contributed by atoms with Crippen LogP contribution in [0.3, 0.4) is 0 Å². The van der Waals surface area contributed by atoms with Gasteiger partial charge < -0.3 is 0 Å². The fourth-order valence-corrected chi connectivity index (χ4v) is 4.26. The molecule has 1 fully saturated rings. The summed E-state index contributed by atoms with van der Waals surface area (Å²) in [6, 6.07) is 1.86. The van der Waals surface area contributed by atoms with Crippen molar-refractivity contribution in [2.75, 3.05) is 0 Å². The van der Waals surface area contributed by atoms with Gasteiger partial charge in [0.1, 0.15) is 10.5 Å². The molecular weight excluding hydrogens is 280 g/mol. The summed E-state index contributed by atoms with van der Waals surface area (Å²) < 4.78 is 2.24. The van der Waals surface area contributed by atoms with Crippen LogP contribution in [0.1, 0.15) is 25.7 Å². The molecule has 19 heavy (non-hydrogen) atoms. The van der Waals surface area contributed by atoms with Gasteiger partial charge in [0.2, 0.25) is 0 Å². The highest BCUT2D eigenvalue weighted by Crippen LogP contribution is 2.30. The predicted molar refractivity (Wildman–Crippen MR) is 78.0 cm³/mol. The SMILES string of the molecule is Cn1c(S[C@@H]2CCCCC2=O)nc2ccsc2c1=O. The Morgan fingerprint density at radius 3 is 3.05 bits per heavy atom. The molecule has 0 N–H and O–H groups in total. The third-order valence-corrected chi connectivity index (χ3v) is 5.64. The quantitative estimate of drug-likeness (QED) is 0.799. The average molecular weight is 294 g/mol. The van der Waals surface area contributed by atoms with Gasteiger partial charge in [0, 0.05) is 13.5 Å². The number of Topliss-reactive ketones (excluding diaryl/α,β-unsaturated/α-hetero) is 1. The summed E-state index contributed by atoms with van der Waals surface area (Å²) in [5, 5.41) is 2.48. The molecule has 4 nitrogen and oxygen atoms in total. The molecule has 100 valence electrons. The molecule has 0 radical (unpaired) electrons. The number of rotatable bonds is 2. The van der Waals surface area contributed by atoms with E-state index in [1.54, 1.807) is 11.6 Å². The Bertz CT molecular complexity index is 689. The fraction of sp³-hybridized carbons (Fsp3) is 0.462. The van der Waals surface area contributed by atoms with Crippen LogP contribution in [0.2, 0.25) is 0 Å². The number of fused-ring (bicyclic) bond motifs is 1. The first-order valence-electron chi connectivity index (χ1n) is 6.30. The predicted octanol–water partition coefficient (Wildman–Crippen LogP) is 2.60. The standard InChI is InChI=1S/C13H14N2O2S2/c1-15-12(17)11-8(6-7-18-11)14-13(15)19-10-5-3-2-4-9(10)16/h6-7,10H,2-5H2,1H3/t10-/m1/s1. The van der Waals surface area contributed by atoms with E-state index >= 15 is 0 Å². The fourth-order valence-electron chi connectivity index (χ4n) is 2.28. The van der Waals surface area contributed by atoms with Crippen molar-refractivity contribution in [2.24, 2.45) is 7.05 Å². The molecule has 0 aliphatic heterocycles. The van der Waals surface area contributed by atoms with Crippen LogP contribution in [0.15, 0.2) is 21.4 Å². The third-order valence-electron chi connectivity index (χ3n) is 3.39. The highest BCUT2D eigenvalue weighted by atomic mass is 32.2. The smallest absolute Gasteiger partial charge is 0.271 e. The normalized spacial score (nSPS) is 20.1. The van der Waals surface area contributed by atoms with Crippen molar-refractivity contribution in [2.45, 2.75) is 36.1 Å². The molecule has 0 bridgehead atoms. The summed E-state index contributed by atoms with van der Waals surface area (Å²) in [7, 11) is 1.73. The lowest BCUT2D eigenvalue weighted by Gasteiger charge is -2.20. The van der Waals surface area contributed by atoms with Gasteiger partial charge in [-0.1, -0.05) is 18.2 Å². The molecule has 2 aromatic heterocycles. The maximum atomic E-state index is 12.2. The van der Waals surface area contributed by atoms with Gasteiger partial charge in [0.25, 0.3) is 5.56 Å². The molecule has 6 heteroatoms. The van der Waals surface area contributed by atoms with E-state index < -0.39 is 0 Å². The van der Waals surface area contributed by atoms with Crippen molar-refractivity contribution in [1.29, 1.82) is 0 Å². The van der Waals surface area contributed by atoms with Crippen LogP contribution in [0, 0.1) is 0 Å². The zero-order valence-electron chi connectivity index (χ0n) is 10.6. The average Bonchev–Trinajstić information content (AvgIpc) is 2.86. The lowest BCUT2D eigenvalue weighted by molar-refractivity contribution is -0.119. The maximum Gasteiger partial charge on any atom is 0.271 e. The van der Waals surface area contributed by atoms with E-state index in [0.717, 1.165) is 24.8 Å². The van der Waals surface area contributed by atoms with E-state index in [9.17, 15) is 9.59 Å². The first-order chi connectivity index (χ1) is 9.16. The number of hydrogen-bond acceptors (Lipinski definition) is 5. The van der Waals surface area contributed by atoms with Gasteiger partial charge in [-0.05, 0) is 24.3 Å². The summed E-state index contributed by atoms with van der Waals surface area (Å²) in [5.74, 6) is 0.288. The molecule has 3 rings (SSSR count). The zero-order valence-corrected chi connectivity index (χ0v) is 12.2. The number of hydrogen-bond donors (Lipinski definition) is 0. The van der Waals surface area contributed by atoms with Gasteiger partial charge >= 0.3 is 0 Å². The van der Waals surface area contributed by atoms with E-state index in [4.69, 9.17) is 0 Å². The molecule has 0 unspecified atom stereocenters. The highest BCUT2D eigenvalue weighted by Gasteiger charge is 2.25.